The first kappa shape index (κ1) is 41.4. The van der Waals surface area contributed by atoms with Crippen LogP contribution >= 0.6 is 0 Å². The third kappa shape index (κ3) is 6.20. The van der Waals surface area contributed by atoms with Crippen molar-refractivity contribution in [1.29, 1.82) is 0 Å². The monoisotopic (exact) mass is 934 g/mol. The zero-order chi connectivity index (χ0) is 48.4. The number of rotatable bonds is 5. The maximum Gasteiger partial charge on any atom is 0.151 e. The number of para-hydroxylation sites is 8. The third-order valence-electron chi connectivity index (χ3n) is 15.6. The summed E-state index contributed by atoms with van der Waals surface area (Å²) in [4.78, 5) is 4.73. The van der Waals surface area contributed by atoms with E-state index >= 15 is 0 Å². The molecule has 73 heavy (non-hydrogen) atoms. The van der Waals surface area contributed by atoms with E-state index in [-0.39, 0.29) is 5.41 Å². The minimum absolute atomic E-state index is 0.193. The van der Waals surface area contributed by atoms with Gasteiger partial charge in [0.1, 0.15) is 0 Å². The first-order chi connectivity index (χ1) is 36.0. The molecule has 0 saturated carbocycles. The number of ether oxygens (including phenoxy) is 2. The Morgan fingerprint density at radius 3 is 1.37 bits per heavy atom. The molecule has 1 aliphatic carbocycles. The van der Waals surface area contributed by atoms with Crippen LogP contribution in [0.15, 0.2) is 243 Å². The van der Waals surface area contributed by atoms with Crippen LogP contribution < -0.4 is 19.3 Å². The number of benzene rings is 12. The van der Waals surface area contributed by atoms with Gasteiger partial charge in [-0.1, -0.05) is 178 Å². The lowest BCUT2D eigenvalue weighted by Gasteiger charge is -2.34. The van der Waals surface area contributed by atoms with Crippen LogP contribution in [0, 0.1) is 0 Å². The molecule has 0 N–H and O–H groups in total. The largest absolute Gasteiger partial charge is 0.453 e. The van der Waals surface area contributed by atoms with Crippen LogP contribution in [0.3, 0.4) is 0 Å². The number of hydrogen-bond acceptors (Lipinski definition) is 4. The van der Waals surface area contributed by atoms with Crippen LogP contribution in [0.5, 0.6) is 23.0 Å². The van der Waals surface area contributed by atoms with Crippen molar-refractivity contribution in [3.63, 3.8) is 0 Å². The van der Waals surface area contributed by atoms with Crippen LogP contribution in [0.1, 0.15) is 25.0 Å². The van der Waals surface area contributed by atoms with Gasteiger partial charge in [-0.25, -0.2) is 0 Å². The average Bonchev–Trinajstić information content (AvgIpc) is 3.67. The van der Waals surface area contributed by atoms with E-state index in [0.717, 1.165) is 73.3 Å². The van der Waals surface area contributed by atoms with E-state index < -0.39 is 0 Å². The molecule has 0 atom stereocenters. The van der Waals surface area contributed by atoms with Crippen LogP contribution in [0.4, 0.5) is 34.1 Å². The molecule has 0 radical (unpaired) electrons. The normalized spacial score (nSPS) is 13.6. The lowest BCUT2D eigenvalue weighted by atomic mass is 9.80. The van der Waals surface area contributed by atoms with Gasteiger partial charge >= 0.3 is 0 Å². The molecule has 0 spiro atoms. The molecular formula is C69H46N2O2. The maximum atomic E-state index is 6.57. The molecule has 4 nitrogen and oxygen atoms in total. The molecule has 2 heterocycles. The fourth-order valence-corrected chi connectivity index (χ4v) is 12.3. The highest BCUT2D eigenvalue weighted by atomic mass is 16.5. The van der Waals surface area contributed by atoms with Crippen molar-refractivity contribution in [3.8, 4) is 67.5 Å². The highest BCUT2D eigenvalue weighted by Gasteiger charge is 2.36. The molecule has 3 aliphatic rings. The Morgan fingerprint density at radius 1 is 0.301 bits per heavy atom. The van der Waals surface area contributed by atoms with E-state index in [1.54, 1.807) is 0 Å². The summed E-state index contributed by atoms with van der Waals surface area (Å²) in [6.07, 6.45) is 0. The summed E-state index contributed by atoms with van der Waals surface area (Å²) >= 11 is 0. The highest BCUT2D eigenvalue weighted by molar-refractivity contribution is 6.24. The predicted octanol–water partition coefficient (Wildman–Crippen LogP) is 19.6. The molecule has 0 amide bonds. The van der Waals surface area contributed by atoms with Crippen molar-refractivity contribution in [2.75, 3.05) is 9.80 Å². The lowest BCUT2D eigenvalue weighted by Crippen LogP contribution is -2.16. The summed E-state index contributed by atoms with van der Waals surface area (Å²) in [5, 5.41) is 7.09. The fourth-order valence-electron chi connectivity index (χ4n) is 12.3. The summed E-state index contributed by atoms with van der Waals surface area (Å²) in [6, 6.07) is 88.3. The van der Waals surface area contributed by atoms with Gasteiger partial charge in [0.15, 0.2) is 23.0 Å². The van der Waals surface area contributed by atoms with Gasteiger partial charge in [0.25, 0.3) is 0 Å². The number of anilines is 6. The van der Waals surface area contributed by atoms with Crippen molar-refractivity contribution < 1.29 is 9.47 Å². The first-order valence-electron chi connectivity index (χ1n) is 25.2. The molecule has 15 rings (SSSR count). The van der Waals surface area contributed by atoms with E-state index in [9.17, 15) is 0 Å². The van der Waals surface area contributed by atoms with Crippen molar-refractivity contribution in [2.24, 2.45) is 0 Å². The first-order valence-corrected chi connectivity index (χ1v) is 25.2. The van der Waals surface area contributed by atoms with E-state index in [2.05, 4.69) is 242 Å². The minimum Gasteiger partial charge on any atom is -0.453 e. The Hall–Kier alpha value is -9.38. The van der Waals surface area contributed by atoms with E-state index in [4.69, 9.17) is 9.47 Å². The molecule has 344 valence electrons. The van der Waals surface area contributed by atoms with E-state index in [0.29, 0.717) is 0 Å². The Kier molecular flexibility index (Phi) is 8.97. The van der Waals surface area contributed by atoms with Crippen LogP contribution in [0.2, 0.25) is 0 Å². The molecular weight excluding hydrogens is 889 g/mol. The van der Waals surface area contributed by atoms with Crippen molar-refractivity contribution in [3.05, 3.63) is 254 Å². The van der Waals surface area contributed by atoms with Gasteiger partial charge in [0.2, 0.25) is 0 Å². The minimum atomic E-state index is -0.193. The summed E-state index contributed by atoms with van der Waals surface area (Å²) in [5.74, 6) is 3.29. The predicted molar refractivity (Wildman–Crippen MR) is 302 cm³/mol. The second-order valence-corrected chi connectivity index (χ2v) is 20.0. The van der Waals surface area contributed by atoms with Crippen molar-refractivity contribution >= 4 is 66.4 Å². The molecule has 0 aromatic heterocycles. The Morgan fingerprint density at radius 2 is 0.753 bits per heavy atom. The lowest BCUT2D eigenvalue weighted by molar-refractivity contribution is 0.477. The van der Waals surface area contributed by atoms with Crippen LogP contribution in [-0.2, 0) is 5.41 Å². The molecule has 0 fully saturated rings. The van der Waals surface area contributed by atoms with Crippen LogP contribution in [-0.4, -0.2) is 0 Å². The zero-order valence-corrected chi connectivity index (χ0v) is 40.3. The van der Waals surface area contributed by atoms with Gasteiger partial charge in [-0.15, -0.1) is 0 Å². The second-order valence-electron chi connectivity index (χ2n) is 20.0. The fraction of sp³-hybridized carbons (Fsp3) is 0.0435. The Labute approximate surface area is 424 Å². The zero-order valence-electron chi connectivity index (χ0n) is 40.3. The maximum absolute atomic E-state index is 6.57. The number of hydrogen-bond donors (Lipinski definition) is 0. The van der Waals surface area contributed by atoms with Gasteiger partial charge in [0.05, 0.1) is 22.7 Å². The summed E-state index contributed by atoms with van der Waals surface area (Å²) in [7, 11) is 0. The third-order valence-corrected chi connectivity index (χ3v) is 15.6. The van der Waals surface area contributed by atoms with Gasteiger partial charge in [-0.3, -0.25) is 0 Å². The molecule has 4 heteroatoms. The molecule has 12 aromatic rings. The summed E-state index contributed by atoms with van der Waals surface area (Å²) in [6.45, 7) is 4.75. The molecule has 0 unspecified atom stereocenters. The van der Waals surface area contributed by atoms with Crippen molar-refractivity contribution in [1.82, 2.24) is 0 Å². The summed E-state index contributed by atoms with van der Waals surface area (Å²) < 4.78 is 13.1. The standard InChI is InChI=1S/C69H46N2O2/c1-69(2)57-25-8-7-22-50(57)51-37-34-44(40-58(51)69)67-53-38-35-46(71-61-28-11-15-32-65(61)73-66-33-16-12-29-62(66)71)42-56(53)68(52-23-6-5-21-49(52)48-24-17-19-43-18-3-4-20-47(43)48)54-39-36-45(41-55(54)67)70-59-26-9-13-30-63(59)72-64-31-14-10-27-60(64)70/h3-42H,1-2H3. The molecule has 0 bridgehead atoms. The van der Waals surface area contributed by atoms with Gasteiger partial charge in [0, 0.05) is 16.8 Å². The van der Waals surface area contributed by atoms with E-state index in [1.807, 2.05) is 24.3 Å². The van der Waals surface area contributed by atoms with Gasteiger partial charge in [-0.2, -0.15) is 0 Å². The SMILES string of the molecule is CC1(C)c2ccccc2-c2ccc(-c3c4cc(N5c6ccccc6Oc6ccccc65)ccc4c(-c4ccccc4-c4cccc5ccccc45)c4cc(N5c6ccccc6Oc6ccccc65)ccc34)cc21. The number of fused-ring (bicyclic) bond motifs is 10. The average molecular weight is 935 g/mol. The second kappa shape index (κ2) is 15.8. The molecule has 0 saturated heterocycles. The van der Waals surface area contributed by atoms with Crippen molar-refractivity contribution in [2.45, 2.75) is 19.3 Å². The summed E-state index contributed by atoms with van der Waals surface area (Å²) in [5.41, 5.74) is 18.3. The molecule has 2 aliphatic heterocycles. The highest BCUT2D eigenvalue weighted by Crippen LogP contribution is 2.57. The smallest absolute Gasteiger partial charge is 0.151 e. The Balaban J connectivity index is 1.08. The molecule has 12 aromatic carbocycles. The van der Waals surface area contributed by atoms with E-state index in [1.165, 1.54) is 71.8 Å². The number of nitrogens with zero attached hydrogens (tertiary/aromatic N) is 2. The quantitative estimate of drug-likeness (QED) is 0.161. The van der Waals surface area contributed by atoms with Gasteiger partial charge < -0.3 is 19.3 Å². The topological polar surface area (TPSA) is 24.9 Å². The van der Waals surface area contributed by atoms with Gasteiger partial charge in [-0.05, 0) is 167 Å². The Bertz CT molecular complexity index is 4190. The van der Waals surface area contributed by atoms with Crippen LogP contribution in [0.25, 0.3) is 76.8 Å².